The van der Waals surface area contributed by atoms with E-state index in [0.717, 1.165) is 31.7 Å². The van der Waals surface area contributed by atoms with Gasteiger partial charge in [0.2, 0.25) is 11.8 Å². The summed E-state index contributed by atoms with van der Waals surface area (Å²) >= 11 is 6.02. The Balaban J connectivity index is 1.59. The Labute approximate surface area is 196 Å². The summed E-state index contributed by atoms with van der Waals surface area (Å²) in [5, 5.41) is 18.4. The normalized spacial score (nSPS) is 25.8. The van der Waals surface area contributed by atoms with Gasteiger partial charge in [-0.05, 0) is 31.0 Å². The molecule has 3 rings (SSSR count). The van der Waals surface area contributed by atoms with Gasteiger partial charge in [0.15, 0.2) is 0 Å². The van der Waals surface area contributed by atoms with Crippen molar-refractivity contribution in [1.82, 2.24) is 20.4 Å². The topological polar surface area (TPSA) is 84.9 Å². The zero-order valence-corrected chi connectivity index (χ0v) is 20.4. The highest BCUT2D eigenvalue weighted by molar-refractivity contribution is 6.30. The molecule has 3 N–H and O–H groups in total. The second-order valence-electron chi connectivity index (χ2n) is 9.93. The number of nitrogens with one attached hydrogen (secondary N) is 2. The Kier molecular flexibility index (Phi) is 7.86. The summed E-state index contributed by atoms with van der Waals surface area (Å²) in [4.78, 5) is 29.6. The van der Waals surface area contributed by atoms with Crippen molar-refractivity contribution in [3.05, 3.63) is 34.9 Å². The molecule has 178 valence electrons. The fourth-order valence-electron chi connectivity index (χ4n) is 4.77. The fourth-order valence-corrected chi connectivity index (χ4v) is 4.90. The van der Waals surface area contributed by atoms with E-state index in [-0.39, 0.29) is 23.8 Å². The van der Waals surface area contributed by atoms with Gasteiger partial charge in [-0.3, -0.25) is 14.5 Å². The van der Waals surface area contributed by atoms with E-state index in [9.17, 15) is 14.7 Å². The van der Waals surface area contributed by atoms with Crippen molar-refractivity contribution in [2.45, 2.75) is 45.8 Å². The third-order valence-corrected chi connectivity index (χ3v) is 7.44. The van der Waals surface area contributed by atoms with Crippen molar-refractivity contribution < 1.29 is 14.7 Å². The lowest BCUT2D eigenvalue weighted by atomic mass is 9.66. The van der Waals surface area contributed by atoms with Crippen LogP contribution in [0.2, 0.25) is 5.02 Å². The Morgan fingerprint density at radius 3 is 2.38 bits per heavy atom. The molecule has 1 unspecified atom stereocenters. The molecule has 0 bridgehead atoms. The maximum absolute atomic E-state index is 13.2. The number of amides is 2. The molecule has 1 aromatic carbocycles. The third kappa shape index (κ3) is 5.45. The predicted octanol–water partition coefficient (Wildman–Crippen LogP) is 1.83. The van der Waals surface area contributed by atoms with E-state index in [1.54, 1.807) is 12.1 Å². The van der Waals surface area contributed by atoms with Crippen LogP contribution in [-0.4, -0.2) is 78.6 Å². The summed E-state index contributed by atoms with van der Waals surface area (Å²) in [6.07, 6.45) is 0.448. The van der Waals surface area contributed by atoms with Crippen LogP contribution in [0.1, 0.15) is 39.7 Å². The lowest BCUT2D eigenvalue weighted by molar-refractivity contribution is -0.156. The second kappa shape index (κ2) is 10.1. The van der Waals surface area contributed by atoms with Crippen molar-refractivity contribution in [2.24, 2.45) is 11.3 Å². The molecule has 2 aliphatic rings. The Morgan fingerprint density at radius 2 is 1.78 bits per heavy atom. The molecule has 0 radical (unpaired) electrons. The minimum Gasteiger partial charge on any atom is -0.384 e. The van der Waals surface area contributed by atoms with Crippen LogP contribution >= 0.6 is 11.6 Å². The first-order chi connectivity index (χ1) is 15.0. The standard InChI is InChI=1S/C24H37ClN4O3/c1-17(18(2)27-21(30)15-28-13-10-26-11-14-28)22(31)29-12-9-24(32,23(3,4)16-29)19-5-7-20(25)8-6-19/h5-8,17-18,26,32H,9-16H2,1-4H3,(H,27,30)/t17-,18?,24+/m1/s1. The van der Waals surface area contributed by atoms with Gasteiger partial charge in [0.25, 0.3) is 0 Å². The number of likely N-dealkylation sites (tertiary alicyclic amines) is 1. The van der Waals surface area contributed by atoms with Crippen LogP contribution in [-0.2, 0) is 15.2 Å². The summed E-state index contributed by atoms with van der Waals surface area (Å²) in [6, 6.07) is 7.03. The van der Waals surface area contributed by atoms with Gasteiger partial charge in [-0.1, -0.05) is 44.5 Å². The second-order valence-corrected chi connectivity index (χ2v) is 10.4. The molecule has 32 heavy (non-hydrogen) atoms. The maximum atomic E-state index is 13.2. The van der Waals surface area contributed by atoms with Crippen LogP contribution in [0.5, 0.6) is 0 Å². The quantitative estimate of drug-likeness (QED) is 0.598. The highest BCUT2D eigenvalue weighted by Gasteiger charge is 2.50. The van der Waals surface area contributed by atoms with Gasteiger partial charge < -0.3 is 20.6 Å². The average molecular weight is 465 g/mol. The number of rotatable bonds is 6. The van der Waals surface area contributed by atoms with E-state index < -0.39 is 11.0 Å². The molecule has 3 atom stereocenters. The monoisotopic (exact) mass is 464 g/mol. The number of piperidine rings is 1. The van der Waals surface area contributed by atoms with Gasteiger partial charge in [0, 0.05) is 55.7 Å². The molecule has 7 nitrogen and oxygen atoms in total. The van der Waals surface area contributed by atoms with Crippen LogP contribution in [0.3, 0.4) is 0 Å². The first-order valence-corrected chi connectivity index (χ1v) is 11.9. The van der Waals surface area contributed by atoms with E-state index in [2.05, 4.69) is 15.5 Å². The third-order valence-electron chi connectivity index (χ3n) is 7.19. The van der Waals surface area contributed by atoms with Crippen LogP contribution < -0.4 is 10.6 Å². The lowest BCUT2D eigenvalue weighted by Gasteiger charge is -2.51. The number of carbonyl (C=O) groups is 2. The Hall–Kier alpha value is -1.67. The summed E-state index contributed by atoms with van der Waals surface area (Å²) in [5.74, 6) is -0.388. The number of piperazine rings is 1. The van der Waals surface area contributed by atoms with E-state index in [4.69, 9.17) is 11.6 Å². The molecule has 2 aliphatic heterocycles. The number of halogens is 1. The van der Waals surface area contributed by atoms with Gasteiger partial charge >= 0.3 is 0 Å². The van der Waals surface area contributed by atoms with Crippen molar-refractivity contribution in [3.8, 4) is 0 Å². The summed E-state index contributed by atoms with van der Waals surface area (Å²) < 4.78 is 0. The fraction of sp³-hybridized carbons (Fsp3) is 0.667. The largest absolute Gasteiger partial charge is 0.384 e. The number of benzene rings is 1. The van der Waals surface area contributed by atoms with Crippen LogP contribution in [0.4, 0.5) is 0 Å². The smallest absolute Gasteiger partial charge is 0.234 e. The van der Waals surface area contributed by atoms with E-state index in [1.807, 2.05) is 44.7 Å². The molecule has 0 aromatic heterocycles. The lowest BCUT2D eigenvalue weighted by Crippen LogP contribution is -2.58. The SMILES string of the molecule is CC(NC(=O)CN1CCNCC1)[C@@H](C)C(=O)N1CC[C@](O)(c2ccc(Cl)cc2)C(C)(C)C1. The van der Waals surface area contributed by atoms with Gasteiger partial charge in [0.1, 0.15) is 0 Å². The number of hydrogen-bond acceptors (Lipinski definition) is 5. The minimum absolute atomic E-state index is 0.00574. The summed E-state index contributed by atoms with van der Waals surface area (Å²) in [5.41, 5.74) is -0.759. The Morgan fingerprint density at radius 1 is 1.16 bits per heavy atom. The number of carbonyl (C=O) groups excluding carboxylic acids is 2. The van der Waals surface area contributed by atoms with E-state index >= 15 is 0 Å². The zero-order valence-electron chi connectivity index (χ0n) is 19.7. The number of nitrogens with zero attached hydrogens (tertiary/aromatic N) is 2. The molecule has 0 aliphatic carbocycles. The molecular weight excluding hydrogens is 428 g/mol. The molecule has 2 amide bonds. The number of aliphatic hydroxyl groups is 1. The number of hydrogen-bond donors (Lipinski definition) is 3. The first-order valence-electron chi connectivity index (χ1n) is 11.5. The maximum Gasteiger partial charge on any atom is 0.234 e. The van der Waals surface area contributed by atoms with E-state index in [1.165, 1.54) is 0 Å². The van der Waals surface area contributed by atoms with Gasteiger partial charge in [-0.15, -0.1) is 0 Å². The zero-order chi connectivity index (χ0) is 23.5. The van der Waals surface area contributed by atoms with Gasteiger partial charge in [-0.25, -0.2) is 0 Å². The van der Waals surface area contributed by atoms with Gasteiger partial charge in [-0.2, -0.15) is 0 Å². The first kappa shape index (κ1) is 25.0. The minimum atomic E-state index is -1.04. The van der Waals surface area contributed by atoms with Crippen molar-refractivity contribution in [2.75, 3.05) is 45.8 Å². The van der Waals surface area contributed by atoms with Crippen LogP contribution in [0, 0.1) is 11.3 Å². The summed E-state index contributed by atoms with van der Waals surface area (Å²) in [6.45, 7) is 12.5. The predicted molar refractivity (Wildman–Crippen MR) is 126 cm³/mol. The molecule has 1 aromatic rings. The van der Waals surface area contributed by atoms with Gasteiger partial charge in [0.05, 0.1) is 18.1 Å². The van der Waals surface area contributed by atoms with Crippen molar-refractivity contribution in [3.63, 3.8) is 0 Å². The molecule has 2 saturated heterocycles. The highest BCUT2D eigenvalue weighted by Crippen LogP contribution is 2.46. The molecule has 0 spiro atoms. The highest BCUT2D eigenvalue weighted by atomic mass is 35.5. The molecule has 2 fully saturated rings. The summed E-state index contributed by atoms with van der Waals surface area (Å²) in [7, 11) is 0. The molecule has 2 heterocycles. The Bertz CT molecular complexity index is 810. The van der Waals surface area contributed by atoms with Crippen LogP contribution in [0.25, 0.3) is 0 Å². The van der Waals surface area contributed by atoms with Crippen LogP contribution in [0.15, 0.2) is 24.3 Å². The molecule has 0 saturated carbocycles. The van der Waals surface area contributed by atoms with E-state index in [0.29, 0.717) is 31.1 Å². The molecule has 8 heteroatoms. The van der Waals surface area contributed by atoms with Crippen molar-refractivity contribution in [1.29, 1.82) is 0 Å². The molecular formula is C24H37ClN4O3. The average Bonchev–Trinajstić information content (AvgIpc) is 2.75. The van der Waals surface area contributed by atoms with Crippen molar-refractivity contribution >= 4 is 23.4 Å².